The molecule has 112 valence electrons. The predicted octanol–water partition coefficient (Wildman–Crippen LogP) is 0.922. The van der Waals surface area contributed by atoms with Gasteiger partial charge in [-0.2, -0.15) is 0 Å². The van der Waals surface area contributed by atoms with E-state index in [4.69, 9.17) is 0 Å². The number of rotatable bonds is 2. The molecule has 1 aromatic carbocycles. The highest BCUT2D eigenvalue weighted by atomic mass is 19.3. The summed E-state index contributed by atoms with van der Waals surface area (Å²) in [7, 11) is 0. The standard InChI is InChI=1S/C13H12F2N2O4/c14-13(15)20-10-2-1-9(7-11(10)21-13)12(19)17-5-3-16(8-18)4-6-17/h1-2,7-8H,3-6H2. The summed E-state index contributed by atoms with van der Waals surface area (Å²) in [5.41, 5.74) is 0.245. The van der Waals surface area contributed by atoms with Gasteiger partial charge in [0.15, 0.2) is 11.5 Å². The first kappa shape index (κ1) is 13.6. The van der Waals surface area contributed by atoms with Gasteiger partial charge in [-0.1, -0.05) is 0 Å². The Hall–Kier alpha value is -2.38. The number of halogens is 2. The summed E-state index contributed by atoms with van der Waals surface area (Å²) in [4.78, 5) is 26.0. The molecule has 0 radical (unpaired) electrons. The molecular formula is C13H12F2N2O4. The van der Waals surface area contributed by atoms with Gasteiger partial charge in [-0.15, -0.1) is 8.78 Å². The molecule has 2 amide bonds. The van der Waals surface area contributed by atoms with E-state index in [1.807, 2.05) is 0 Å². The first-order valence-corrected chi connectivity index (χ1v) is 6.37. The van der Waals surface area contributed by atoms with Crippen LogP contribution in [0.4, 0.5) is 8.78 Å². The van der Waals surface area contributed by atoms with Crippen LogP contribution < -0.4 is 9.47 Å². The van der Waals surface area contributed by atoms with E-state index in [0.29, 0.717) is 26.2 Å². The highest BCUT2D eigenvalue weighted by Crippen LogP contribution is 2.41. The molecule has 8 heteroatoms. The van der Waals surface area contributed by atoms with Crippen LogP contribution in [0.3, 0.4) is 0 Å². The van der Waals surface area contributed by atoms with E-state index in [1.54, 1.807) is 9.80 Å². The average molecular weight is 298 g/mol. The third-order valence-corrected chi connectivity index (χ3v) is 3.40. The summed E-state index contributed by atoms with van der Waals surface area (Å²) in [5.74, 6) is -0.540. The third-order valence-electron chi connectivity index (χ3n) is 3.40. The predicted molar refractivity (Wildman–Crippen MR) is 66.2 cm³/mol. The van der Waals surface area contributed by atoms with Crippen molar-refractivity contribution in [3.8, 4) is 11.5 Å². The SMILES string of the molecule is O=CN1CCN(C(=O)c2ccc3c(c2)OC(F)(F)O3)CC1. The zero-order valence-corrected chi connectivity index (χ0v) is 10.9. The molecule has 0 spiro atoms. The van der Waals surface area contributed by atoms with Gasteiger partial charge in [-0.25, -0.2) is 0 Å². The first-order chi connectivity index (χ1) is 9.98. The van der Waals surface area contributed by atoms with Crippen molar-refractivity contribution in [2.75, 3.05) is 26.2 Å². The van der Waals surface area contributed by atoms with Crippen LogP contribution in [0.2, 0.25) is 0 Å². The van der Waals surface area contributed by atoms with E-state index in [0.717, 1.165) is 6.41 Å². The highest BCUT2D eigenvalue weighted by Gasteiger charge is 2.43. The Morgan fingerprint density at radius 2 is 1.81 bits per heavy atom. The molecule has 1 aromatic rings. The molecule has 0 bridgehead atoms. The van der Waals surface area contributed by atoms with Gasteiger partial charge in [-0.05, 0) is 18.2 Å². The maximum Gasteiger partial charge on any atom is 0.586 e. The summed E-state index contributed by atoms with van der Waals surface area (Å²) in [6, 6.07) is 3.94. The van der Waals surface area contributed by atoms with E-state index in [2.05, 4.69) is 9.47 Å². The van der Waals surface area contributed by atoms with Gasteiger partial charge in [0.1, 0.15) is 0 Å². The highest BCUT2D eigenvalue weighted by molar-refractivity contribution is 5.95. The number of alkyl halides is 2. The molecule has 0 unspecified atom stereocenters. The molecular weight excluding hydrogens is 286 g/mol. The normalized spacial score (nSPS) is 19.5. The van der Waals surface area contributed by atoms with Crippen LogP contribution in [0.15, 0.2) is 18.2 Å². The third kappa shape index (κ3) is 2.61. The number of fused-ring (bicyclic) bond motifs is 1. The zero-order chi connectivity index (χ0) is 15.0. The van der Waals surface area contributed by atoms with Gasteiger partial charge >= 0.3 is 6.29 Å². The number of carbonyl (C=O) groups is 2. The molecule has 6 nitrogen and oxygen atoms in total. The lowest BCUT2D eigenvalue weighted by atomic mass is 10.1. The fourth-order valence-electron chi connectivity index (χ4n) is 2.30. The Morgan fingerprint density at radius 1 is 1.14 bits per heavy atom. The number of hydrogen-bond donors (Lipinski definition) is 0. The molecule has 0 saturated carbocycles. The topological polar surface area (TPSA) is 59.1 Å². The van der Waals surface area contributed by atoms with Gasteiger partial charge in [-0.3, -0.25) is 9.59 Å². The minimum Gasteiger partial charge on any atom is -0.395 e. The number of ether oxygens (including phenoxy) is 2. The van der Waals surface area contributed by atoms with E-state index >= 15 is 0 Å². The molecule has 3 rings (SSSR count). The van der Waals surface area contributed by atoms with E-state index < -0.39 is 6.29 Å². The Balaban J connectivity index is 1.74. The number of carbonyl (C=O) groups excluding carboxylic acids is 2. The van der Waals surface area contributed by atoms with E-state index in [-0.39, 0.29) is 23.0 Å². The van der Waals surface area contributed by atoms with Crippen molar-refractivity contribution >= 4 is 12.3 Å². The summed E-state index contributed by atoms with van der Waals surface area (Å²) in [5, 5.41) is 0. The molecule has 2 heterocycles. The van der Waals surface area contributed by atoms with Crippen LogP contribution in [0.5, 0.6) is 11.5 Å². The van der Waals surface area contributed by atoms with Crippen molar-refractivity contribution in [1.29, 1.82) is 0 Å². The lowest BCUT2D eigenvalue weighted by molar-refractivity contribution is -0.286. The Labute approximate surface area is 118 Å². The molecule has 1 saturated heterocycles. The number of benzene rings is 1. The Bertz CT molecular complexity index is 586. The smallest absolute Gasteiger partial charge is 0.395 e. The molecule has 2 aliphatic rings. The van der Waals surface area contributed by atoms with Crippen LogP contribution in [-0.4, -0.2) is 54.6 Å². The minimum atomic E-state index is -3.69. The number of piperazine rings is 1. The second-order valence-electron chi connectivity index (χ2n) is 4.76. The second kappa shape index (κ2) is 4.87. The van der Waals surface area contributed by atoms with Crippen molar-refractivity contribution in [2.45, 2.75) is 6.29 Å². The van der Waals surface area contributed by atoms with Crippen molar-refractivity contribution < 1.29 is 27.8 Å². The summed E-state index contributed by atoms with van der Waals surface area (Å²) >= 11 is 0. The lowest BCUT2D eigenvalue weighted by Gasteiger charge is -2.32. The van der Waals surface area contributed by atoms with Crippen LogP contribution in [-0.2, 0) is 4.79 Å². The number of nitrogens with zero attached hydrogens (tertiary/aromatic N) is 2. The maximum absolute atomic E-state index is 12.9. The van der Waals surface area contributed by atoms with Crippen LogP contribution in [0.25, 0.3) is 0 Å². The van der Waals surface area contributed by atoms with Gasteiger partial charge in [0.05, 0.1) is 0 Å². The summed E-state index contributed by atoms with van der Waals surface area (Å²) in [6.45, 7) is 1.72. The van der Waals surface area contributed by atoms with Gasteiger partial charge < -0.3 is 19.3 Å². The van der Waals surface area contributed by atoms with E-state index in [1.165, 1.54) is 18.2 Å². The summed E-state index contributed by atoms with van der Waals surface area (Å²) in [6.07, 6.45) is -2.95. The largest absolute Gasteiger partial charge is 0.586 e. The number of amides is 2. The molecule has 2 aliphatic heterocycles. The summed E-state index contributed by atoms with van der Waals surface area (Å²) < 4.78 is 34.5. The molecule has 0 N–H and O–H groups in total. The van der Waals surface area contributed by atoms with Crippen molar-refractivity contribution in [3.05, 3.63) is 23.8 Å². The molecule has 0 aromatic heterocycles. The second-order valence-corrected chi connectivity index (χ2v) is 4.76. The van der Waals surface area contributed by atoms with Crippen molar-refractivity contribution in [1.82, 2.24) is 9.80 Å². The van der Waals surface area contributed by atoms with Crippen LogP contribution in [0, 0.1) is 0 Å². The quantitative estimate of drug-likeness (QED) is 0.762. The molecule has 0 atom stereocenters. The van der Waals surface area contributed by atoms with E-state index in [9.17, 15) is 18.4 Å². The zero-order valence-electron chi connectivity index (χ0n) is 10.9. The Kier molecular flexibility index (Phi) is 3.15. The van der Waals surface area contributed by atoms with Gasteiger partial charge in [0.2, 0.25) is 6.41 Å². The monoisotopic (exact) mass is 298 g/mol. The fourth-order valence-corrected chi connectivity index (χ4v) is 2.30. The van der Waals surface area contributed by atoms with Gasteiger partial charge in [0, 0.05) is 31.7 Å². The Morgan fingerprint density at radius 3 is 2.48 bits per heavy atom. The minimum absolute atomic E-state index is 0.0951. The fraction of sp³-hybridized carbons (Fsp3) is 0.385. The molecule has 1 fully saturated rings. The first-order valence-electron chi connectivity index (χ1n) is 6.37. The van der Waals surface area contributed by atoms with Crippen LogP contribution in [0.1, 0.15) is 10.4 Å². The average Bonchev–Trinajstić information content (AvgIpc) is 2.79. The van der Waals surface area contributed by atoms with Crippen molar-refractivity contribution in [3.63, 3.8) is 0 Å². The van der Waals surface area contributed by atoms with Crippen LogP contribution >= 0.6 is 0 Å². The molecule has 21 heavy (non-hydrogen) atoms. The van der Waals surface area contributed by atoms with Gasteiger partial charge in [0.25, 0.3) is 5.91 Å². The van der Waals surface area contributed by atoms with Crippen molar-refractivity contribution in [2.24, 2.45) is 0 Å². The lowest BCUT2D eigenvalue weighted by Crippen LogP contribution is -2.48. The maximum atomic E-state index is 12.9. The number of hydrogen-bond acceptors (Lipinski definition) is 4. The molecule has 0 aliphatic carbocycles.